The molecule has 2 heterocycles. The van der Waals surface area contributed by atoms with Crippen molar-refractivity contribution in [2.24, 2.45) is 0 Å². The maximum atomic E-state index is 5.74. The molecule has 0 unspecified atom stereocenters. The summed E-state index contributed by atoms with van der Waals surface area (Å²) in [5.74, 6) is 1.81. The number of hydrogen-bond donors (Lipinski definition) is 1. The standard InChI is InChI=1S/C18H31N5O/c1-12(2)23-10-15(16(11-23)24-5)19-17-13-8-6-7-9-14(13)20-18(21-17)22(3)4/h12,15-16H,6-11H2,1-5H3,(H,19,20,21)/t15-,16-/m0/s1. The van der Waals surface area contributed by atoms with E-state index in [2.05, 4.69) is 24.1 Å². The molecule has 24 heavy (non-hydrogen) atoms. The van der Waals surface area contributed by atoms with Crippen molar-refractivity contribution in [2.75, 3.05) is 44.5 Å². The second-order valence-corrected chi connectivity index (χ2v) is 7.47. The number of nitrogens with one attached hydrogen (secondary N) is 1. The Morgan fingerprint density at radius 1 is 1.17 bits per heavy atom. The number of likely N-dealkylation sites (tertiary alicyclic amines) is 1. The van der Waals surface area contributed by atoms with E-state index in [1.165, 1.54) is 24.1 Å². The summed E-state index contributed by atoms with van der Waals surface area (Å²) in [6, 6.07) is 0.805. The molecule has 134 valence electrons. The topological polar surface area (TPSA) is 53.5 Å². The molecule has 1 aromatic rings. The molecule has 1 aromatic heterocycles. The van der Waals surface area contributed by atoms with Crippen LogP contribution in [0, 0.1) is 0 Å². The van der Waals surface area contributed by atoms with Gasteiger partial charge in [-0.1, -0.05) is 0 Å². The van der Waals surface area contributed by atoms with Gasteiger partial charge in [0.1, 0.15) is 5.82 Å². The molecular weight excluding hydrogens is 302 g/mol. The molecule has 0 spiro atoms. The molecule has 1 saturated heterocycles. The molecule has 0 amide bonds. The zero-order valence-electron chi connectivity index (χ0n) is 15.7. The normalized spacial score (nSPS) is 24.2. The van der Waals surface area contributed by atoms with Crippen LogP contribution in [0.4, 0.5) is 11.8 Å². The fourth-order valence-electron chi connectivity index (χ4n) is 3.68. The van der Waals surface area contributed by atoms with E-state index >= 15 is 0 Å². The number of methoxy groups -OCH3 is 1. The Kier molecular flexibility index (Phi) is 5.25. The van der Waals surface area contributed by atoms with Crippen molar-refractivity contribution in [1.29, 1.82) is 0 Å². The van der Waals surface area contributed by atoms with Crippen molar-refractivity contribution in [3.8, 4) is 0 Å². The van der Waals surface area contributed by atoms with Crippen molar-refractivity contribution in [3.05, 3.63) is 11.3 Å². The average molecular weight is 333 g/mol. The monoisotopic (exact) mass is 333 g/mol. The van der Waals surface area contributed by atoms with E-state index in [1.54, 1.807) is 0 Å². The third-order valence-electron chi connectivity index (χ3n) is 5.22. The lowest BCUT2D eigenvalue weighted by atomic mass is 9.96. The highest BCUT2D eigenvalue weighted by Crippen LogP contribution is 2.29. The van der Waals surface area contributed by atoms with Gasteiger partial charge in [-0.05, 0) is 39.5 Å². The number of hydrogen-bond acceptors (Lipinski definition) is 6. The van der Waals surface area contributed by atoms with Crippen LogP contribution in [-0.4, -0.2) is 67.4 Å². The molecule has 1 fully saturated rings. The van der Waals surface area contributed by atoms with E-state index in [-0.39, 0.29) is 12.1 Å². The first-order valence-electron chi connectivity index (χ1n) is 9.10. The highest BCUT2D eigenvalue weighted by atomic mass is 16.5. The van der Waals surface area contributed by atoms with Crippen LogP contribution in [-0.2, 0) is 17.6 Å². The van der Waals surface area contributed by atoms with Crippen LogP contribution >= 0.6 is 0 Å². The molecule has 6 heteroatoms. The molecule has 0 saturated carbocycles. The molecule has 2 atom stereocenters. The number of anilines is 2. The van der Waals surface area contributed by atoms with E-state index in [9.17, 15) is 0 Å². The molecule has 0 bridgehead atoms. The first-order chi connectivity index (χ1) is 11.5. The molecule has 2 aliphatic rings. The van der Waals surface area contributed by atoms with Gasteiger partial charge in [-0.15, -0.1) is 0 Å². The Hall–Kier alpha value is -1.40. The summed E-state index contributed by atoms with van der Waals surface area (Å²) in [6.07, 6.45) is 4.78. The number of rotatable bonds is 5. The summed E-state index contributed by atoms with van der Waals surface area (Å²) in [4.78, 5) is 14.0. The van der Waals surface area contributed by atoms with Crippen molar-refractivity contribution in [2.45, 2.75) is 57.7 Å². The minimum atomic E-state index is 0.199. The molecule has 0 radical (unpaired) electrons. The molecular formula is C18H31N5O. The number of fused-ring (bicyclic) bond motifs is 1. The minimum Gasteiger partial charge on any atom is -0.378 e. The Labute approximate surface area is 145 Å². The Morgan fingerprint density at radius 2 is 1.92 bits per heavy atom. The molecule has 3 rings (SSSR count). The van der Waals surface area contributed by atoms with Gasteiger partial charge in [0.2, 0.25) is 5.95 Å². The summed E-state index contributed by atoms with van der Waals surface area (Å²) < 4.78 is 5.74. The molecule has 1 aliphatic carbocycles. The fraction of sp³-hybridized carbons (Fsp3) is 0.778. The van der Waals surface area contributed by atoms with Crippen molar-refractivity contribution in [3.63, 3.8) is 0 Å². The molecule has 1 aliphatic heterocycles. The highest BCUT2D eigenvalue weighted by Gasteiger charge is 2.35. The summed E-state index contributed by atoms with van der Waals surface area (Å²) in [6.45, 7) is 6.45. The summed E-state index contributed by atoms with van der Waals surface area (Å²) in [5.41, 5.74) is 2.53. The van der Waals surface area contributed by atoms with Crippen LogP contribution in [0.25, 0.3) is 0 Å². The summed E-state index contributed by atoms with van der Waals surface area (Å²) in [7, 11) is 5.81. The van der Waals surface area contributed by atoms with Crippen LogP contribution in [0.5, 0.6) is 0 Å². The lowest BCUT2D eigenvalue weighted by Gasteiger charge is -2.25. The maximum Gasteiger partial charge on any atom is 0.227 e. The smallest absolute Gasteiger partial charge is 0.227 e. The first kappa shape index (κ1) is 17.4. The van der Waals surface area contributed by atoms with Crippen LogP contribution in [0.15, 0.2) is 0 Å². The Morgan fingerprint density at radius 3 is 2.58 bits per heavy atom. The van der Waals surface area contributed by atoms with Crippen molar-refractivity contribution in [1.82, 2.24) is 14.9 Å². The number of aromatic nitrogens is 2. The lowest BCUT2D eigenvalue weighted by molar-refractivity contribution is 0.0982. The van der Waals surface area contributed by atoms with Gasteiger partial charge in [-0.3, -0.25) is 4.90 Å². The van der Waals surface area contributed by atoms with Crippen molar-refractivity contribution < 1.29 is 4.74 Å². The Bertz CT molecular complexity index is 575. The van der Waals surface area contributed by atoms with Crippen LogP contribution in [0.3, 0.4) is 0 Å². The van der Waals surface area contributed by atoms with Crippen LogP contribution in [0.2, 0.25) is 0 Å². The maximum absolute atomic E-state index is 5.74. The summed E-state index contributed by atoms with van der Waals surface area (Å²) in [5, 5.41) is 3.71. The molecule has 1 N–H and O–H groups in total. The van der Waals surface area contributed by atoms with Crippen LogP contribution in [0.1, 0.15) is 37.9 Å². The van der Waals surface area contributed by atoms with Crippen LogP contribution < -0.4 is 10.2 Å². The zero-order valence-corrected chi connectivity index (χ0v) is 15.7. The second kappa shape index (κ2) is 7.23. The van der Waals surface area contributed by atoms with Gasteiger partial charge < -0.3 is 15.0 Å². The first-order valence-corrected chi connectivity index (χ1v) is 9.10. The third kappa shape index (κ3) is 3.49. The average Bonchev–Trinajstić information content (AvgIpc) is 2.98. The minimum absolute atomic E-state index is 0.199. The second-order valence-electron chi connectivity index (χ2n) is 7.47. The number of ether oxygens (including phenoxy) is 1. The van der Waals surface area contributed by atoms with Gasteiger partial charge in [0.15, 0.2) is 0 Å². The largest absolute Gasteiger partial charge is 0.378 e. The highest BCUT2D eigenvalue weighted by molar-refractivity contribution is 5.53. The van der Waals surface area contributed by atoms with E-state index in [0.717, 1.165) is 37.7 Å². The predicted molar refractivity (Wildman–Crippen MR) is 97.9 cm³/mol. The predicted octanol–water partition coefficient (Wildman–Crippen LogP) is 1.94. The number of nitrogens with zero attached hydrogens (tertiary/aromatic N) is 4. The van der Waals surface area contributed by atoms with E-state index < -0.39 is 0 Å². The van der Waals surface area contributed by atoms with Gasteiger partial charge in [0.25, 0.3) is 0 Å². The zero-order chi connectivity index (χ0) is 17.3. The van der Waals surface area contributed by atoms with Gasteiger partial charge in [-0.25, -0.2) is 4.98 Å². The quantitative estimate of drug-likeness (QED) is 0.889. The van der Waals surface area contributed by atoms with Gasteiger partial charge in [-0.2, -0.15) is 4.98 Å². The fourth-order valence-corrected chi connectivity index (χ4v) is 3.68. The third-order valence-corrected chi connectivity index (χ3v) is 5.22. The number of aryl methyl sites for hydroxylation is 1. The lowest BCUT2D eigenvalue weighted by Crippen LogP contribution is -2.35. The van der Waals surface area contributed by atoms with Gasteiger partial charge >= 0.3 is 0 Å². The molecule has 6 nitrogen and oxygen atoms in total. The summed E-state index contributed by atoms with van der Waals surface area (Å²) >= 11 is 0. The van der Waals surface area contributed by atoms with E-state index in [0.29, 0.717) is 6.04 Å². The van der Waals surface area contributed by atoms with Gasteiger partial charge in [0.05, 0.1) is 17.8 Å². The van der Waals surface area contributed by atoms with Gasteiger partial charge in [0, 0.05) is 45.9 Å². The SMILES string of the molecule is CO[C@H]1CN(C(C)C)C[C@@H]1Nc1nc(N(C)C)nc2c1CCCC2. The Balaban J connectivity index is 1.87. The van der Waals surface area contributed by atoms with E-state index in [4.69, 9.17) is 14.7 Å². The van der Waals surface area contributed by atoms with E-state index in [1.807, 2.05) is 26.1 Å². The van der Waals surface area contributed by atoms with Crippen molar-refractivity contribution >= 4 is 11.8 Å². The molecule has 0 aromatic carbocycles.